The lowest BCUT2D eigenvalue weighted by atomic mass is 10.2. The van der Waals surface area contributed by atoms with E-state index in [4.69, 9.17) is 4.74 Å². The minimum atomic E-state index is -0.301. The molecule has 130 valence electrons. The van der Waals surface area contributed by atoms with Crippen molar-refractivity contribution in [2.75, 3.05) is 19.0 Å². The lowest BCUT2D eigenvalue weighted by Crippen LogP contribution is -2.04. The quantitative estimate of drug-likeness (QED) is 0.507. The summed E-state index contributed by atoms with van der Waals surface area (Å²) in [6.45, 7) is 4.07. The van der Waals surface area contributed by atoms with Crippen LogP contribution in [0, 0.1) is 6.92 Å². The number of fused-ring (bicyclic) bond motifs is 1. The zero-order chi connectivity index (χ0) is 17.8. The van der Waals surface area contributed by atoms with Gasteiger partial charge < -0.3 is 10.1 Å². The second kappa shape index (κ2) is 7.84. The number of anilines is 1. The summed E-state index contributed by atoms with van der Waals surface area (Å²) in [5, 5.41) is 4.02. The van der Waals surface area contributed by atoms with Gasteiger partial charge in [0.15, 0.2) is 0 Å². The van der Waals surface area contributed by atoms with Gasteiger partial charge in [-0.15, -0.1) is 23.1 Å². The molecule has 0 saturated carbocycles. The molecule has 0 aliphatic heterocycles. The predicted molar refractivity (Wildman–Crippen MR) is 104 cm³/mol. The van der Waals surface area contributed by atoms with E-state index < -0.39 is 0 Å². The largest absolute Gasteiger partial charge is 0.462 e. The van der Waals surface area contributed by atoms with Crippen molar-refractivity contribution >= 4 is 45.1 Å². The SMILES string of the molecule is CCOC(=O)c1sc2nc(CSc3ccccc3)nc(NC)c2c1C. The number of rotatable bonds is 6. The molecular weight excluding hydrogens is 354 g/mol. The van der Waals surface area contributed by atoms with Crippen LogP contribution >= 0.6 is 23.1 Å². The van der Waals surface area contributed by atoms with Gasteiger partial charge in [-0.3, -0.25) is 0 Å². The third-order valence-electron chi connectivity index (χ3n) is 3.65. The summed E-state index contributed by atoms with van der Waals surface area (Å²) in [5.74, 6) is 1.85. The van der Waals surface area contributed by atoms with Gasteiger partial charge in [-0.1, -0.05) is 18.2 Å². The van der Waals surface area contributed by atoms with Crippen molar-refractivity contribution < 1.29 is 9.53 Å². The number of thiophene rings is 1. The molecule has 3 aromatic rings. The van der Waals surface area contributed by atoms with Crippen molar-refractivity contribution in [2.24, 2.45) is 0 Å². The zero-order valence-electron chi connectivity index (χ0n) is 14.3. The molecule has 5 nitrogen and oxygen atoms in total. The molecular formula is C18H19N3O2S2. The number of esters is 1. The van der Waals surface area contributed by atoms with Crippen LogP contribution in [0.15, 0.2) is 35.2 Å². The van der Waals surface area contributed by atoms with Crippen LogP contribution in [0.1, 0.15) is 28.0 Å². The molecule has 1 N–H and O–H groups in total. The number of hydrogen-bond acceptors (Lipinski definition) is 7. The first-order valence-corrected chi connectivity index (χ1v) is 9.77. The van der Waals surface area contributed by atoms with E-state index in [2.05, 4.69) is 27.4 Å². The molecule has 25 heavy (non-hydrogen) atoms. The monoisotopic (exact) mass is 373 g/mol. The van der Waals surface area contributed by atoms with Gasteiger partial charge >= 0.3 is 5.97 Å². The number of nitrogens with one attached hydrogen (secondary N) is 1. The van der Waals surface area contributed by atoms with E-state index in [9.17, 15) is 4.79 Å². The standard InChI is InChI=1S/C18H19N3O2S2/c1-4-23-18(22)15-11(2)14-16(19-3)20-13(21-17(14)25-15)10-24-12-8-6-5-7-9-12/h5-9H,4,10H2,1-3H3,(H,19,20,21). The van der Waals surface area contributed by atoms with Crippen LogP contribution in [0.4, 0.5) is 5.82 Å². The highest BCUT2D eigenvalue weighted by Gasteiger charge is 2.21. The van der Waals surface area contributed by atoms with Crippen LogP contribution in [-0.4, -0.2) is 29.6 Å². The molecule has 0 spiro atoms. The molecule has 0 bridgehead atoms. The minimum absolute atomic E-state index is 0.301. The van der Waals surface area contributed by atoms with Crippen LogP contribution in [0.5, 0.6) is 0 Å². The highest BCUT2D eigenvalue weighted by molar-refractivity contribution is 7.98. The Morgan fingerprint density at radius 3 is 2.72 bits per heavy atom. The van der Waals surface area contributed by atoms with E-state index in [-0.39, 0.29) is 5.97 Å². The Bertz CT molecular complexity index is 894. The van der Waals surface area contributed by atoms with E-state index in [0.717, 1.165) is 27.4 Å². The molecule has 0 atom stereocenters. The number of aryl methyl sites for hydroxylation is 1. The summed E-state index contributed by atoms with van der Waals surface area (Å²) in [7, 11) is 1.83. The smallest absolute Gasteiger partial charge is 0.348 e. The summed E-state index contributed by atoms with van der Waals surface area (Å²) < 4.78 is 5.15. The number of carbonyl (C=O) groups is 1. The molecule has 0 saturated heterocycles. The van der Waals surface area contributed by atoms with Crippen molar-refractivity contribution in [2.45, 2.75) is 24.5 Å². The molecule has 0 aliphatic carbocycles. The first kappa shape index (κ1) is 17.7. The third-order valence-corrected chi connectivity index (χ3v) is 5.82. The molecule has 1 aromatic carbocycles. The summed E-state index contributed by atoms with van der Waals surface area (Å²) in [5.41, 5.74) is 0.866. The van der Waals surface area contributed by atoms with Gasteiger partial charge in [0.2, 0.25) is 0 Å². The molecule has 0 radical (unpaired) electrons. The lowest BCUT2D eigenvalue weighted by Gasteiger charge is -2.06. The average molecular weight is 374 g/mol. The van der Waals surface area contributed by atoms with Gasteiger partial charge in [0, 0.05) is 11.9 Å². The molecule has 0 aliphatic rings. The van der Waals surface area contributed by atoms with Gasteiger partial charge in [-0.2, -0.15) is 0 Å². The topological polar surface area (TPSA) is 64.1 Å². The number of ether oxygens (including phenoxy) is 1. The predicted octanol–water partition coefficient (Wildman–Crippen LogP) is 4.51. The summed E-state index contributed by atoms with van der Waals surface area (Å²) in [6.07, 6.45) is 0. The lowest BCUT2D eigenvalue weighted by molar-refractivity contribution is 0.0531. The average Bonchev–Trinajstić information content (AvgIpc) is 2.97. The van der Waals surface area contributed by atoms with Crippen LogP contribution < -0.4 is 5.32 Å². The molecule has 0 amide bonds. The van der Waals surface area contributed by atoms with Crippen LogP contribution in [0.25, 0.3) is 10.2 Å². The Balaban J connectivity index is 1.95. The maximum absolute atomic E-state index is 12.1. The van der Waals surface area contributed by atoms with Gasteiger partial charge in [0.05, 0.1) is 17.7 Å². The first-order valence-electron chi connectivity index (χ1n) is 7.96. The van der Waals surface area contributed by atoms with Crippen LogP contribution in [0.2, 0.25) is 0 Å². The maximum Gasteiger partial charge on any atom is 0.348 e. The van der Waals surface area contributed by atoms with Gasteiger partial charge in [-0.25, -0.2) is 14.8 Å². The molecule has 7 heteroatoms. The second-order valence-corrected chi connectivity index (χ2v) is 7.34. The van der Waals surface area contributed by atoms with E-state index >= 15 is 0 Å². The van der Waals surface area contributed by atoms with E-state index in [1.54, 1.807) is 18.7 Å². The number of carbonyl (C=O) groups excluding carboxylic acids is 1. The molecule has 2 aromatic heterocycles. The molecule has 3 rings (SSSR count). The number of benzene rings is 1. The van der Waals surface area contributed by atoms with E-state index in [0.29, 0.717) is 17.2 Å². The normalized spacial score (nSPS) is 10.8. The first-order chi connectivity index (χ1) is 12.1. The third kappa shape index (κ3) is 3.77. The van der Waals surface area contributed by atoms with Crippen LogP contribution in [-0.2, 0) is 10.5 Å². The van der Waals surface area contributed by atoms with Crippen LogP contribution in [0.3, 0.4) is 0 Å². The van der Waals surface area contributed by atoms with Crippen molar-refractivity contribution in [1.82, 2.24) is 9.97 Å². The molecule has 0 unspecified atom stereocenters. The second-order valence-electron chi connectivity index (χ2n) is 5.30. The van der Waals surface area contributed by atoms with Gasteiger partial charge in [0.25, 0.3) is 0 Å². The Labute approximate surface area is 154 Å². The van der Waals surface area contributed by atoms with Crippen molar-refractivity contribution in [3.8, 4) is 0 Å². The molecule has 0 fully saturated rings. The maximum atomic E-state index is 12.1. The molecule has 2 heterocycles. The Morgan fingerprint density at radius 1 is 1.28 bits per heavy atom. The summed E-state index contributed by atoms with van der Waals surface area (Å²) in [4.78, 5) is 24.0. The summed E-state index contributed by atoms with van der Waals surface area (Å²) >= 11 is 3.05. The Kier molecular flexibility index (Phi) is 5.55. The van der Waals surface area contributed by atoms with Crippen molar-refractivity contribution in [3.05, 3.63) is 46.6 Å². The van der Waals surface area contributed by atoms with Gasteiger partial charge in [0.1, 0.15) is 21.3 Å². The fourth-order valence-corrected chi connectivity index (χ4v) is 4.35. The minimum Gasteiger partial charge on any atom is -0.462 e. The van der Waals surface area contributed by atoms with E-state index in [1.807, 2.05) is 32.2 Å². The highest BCUT2D eigenvalue weighted by Crippen LogP contribution is 2.35. The fourth-order valence-electron chi connectivity index (χ4n) is 2.48. The number of nitrogens with zero attached hydrogens (tertiary/aromatic N) is 2. The highest BCUT2D eigenvalue weighted by atomic mass is 32.2. The fraction of sp³-hybridized carbons (Fsp3) is 0.278. The van der Waals surface area contributed by atoms with E-state index in [1.165, 1.54) is 16.2 Å². The summed E-state index contributed by atoms with van der Waals surface area (Å²) in [6, 6.07) is 10.2. The Morgan fingerprint density at radius 2 is 2.04 bits per heavy atom. The Hall–Kier alpha value is -2.12. The number of thioether (sulfide) groups is 1. The van der Waals surface area contributed by atoms with Crippen molar-refractivity contribution in [1.29, 1.82) is 0 Å². The van der Waals surface area contributed by atoms with Crippen molar-refractivity contribution in [3.63, 3.8) is 0 Å². The number of aromatic nitrogens is 2. The van der Waals surface area contributed by atoms with Gasteiger partial charge in [-0.05, 0) is 31.5 Å². The number of hydrogen-bond donors (Lipinski definition) is 1. The zero-order valence-corrected chi connectivity index (χ0v) is 16.0.